The predicted octanol–water partition coefficient (Wildman–Crippen LogP) is 3.38. The van der Waals surface area contributed by atoms with E-state index >= 15 is 0 Å². The van der Waals surface area contributed by atoms with E-state index in [0.717, 1.165) is 17.0 Å². The van der Waals surface area contributed by atoms with Gasteiger partial charge in [0, 0.05) is 61.8 Å². The van der Waals surface area contributed by atoms with Crippen LogP contribution in [-0.2, 0) is 24.3 Å². The lowest BCUT2D eigenvalue weighted by Gasteiger charge is -2.28. The Morgan fingerprint density at radius 1 is 0.907 bits per heavy atom. The van der Waals surface area contributed by atoms with Gasteiger partial charge in [0.05, 0.1) is 47.6 Å². The molecule has 0 spiro atoms. The molecular weight excluding hydrogens is 574 g/mol. The third-order valence-electron chi connectivity index (χ3n) is 8.30. The molecular formula is C30H33N5O7S. The van der Waals surface area contributed by atoms with Gasteiger partial charge in [-0.15, -0.1) is 0 Å². The summed E-state index contributed by atoms with van der Waals surface area (Å²) in [4.78, 5) is 28.7. The first-order valence-electron chi connectivity index (χ1n) is 14.1. The number of rotatable bonds is 6. The fraction of sp³-hybridized carbons (Fsp3) is 0.367. The number of aromatic nitrogens is 1. The molecule has 1 amide bonds. The molecule has 6 rings (SSSR count). The zero-order chi connectivity index (χ0) is 30.5. The Balaban J connectivity index is 1.39. The van der Waals surface area contributed by atoms with Crippen LogP contribution in [0.1, 0.15) is 22.5 Å². The normalized spacial score (nSPS) is 18.9. The van der Waals surface area contributed by atoms with Crippen molar-refractivity contribution in [3.05, 3.63) is 75.1 Å². The van der Waals surface area contributed by atoms with Crippen molar-refractivity contribution in [3.8, 4) is 5.69 Å². The second-order valence-electron chi connectivity index (χ2n) is 10.8. The van der Waals surface area contributed by atoms with Crippen LogP contribution in [0.5, 0.6) is 0 Å². The van der Waals surface area contributed by atoms with Gasteiger partial charge in [-0.25, -0.2) is 8.42 Å². The minimum atomic E-state index is -3.76. The van der Waals surface area contributed by atoms with E-state index in [1.807, 2.05) is 35.4 Å². The van der Waals surface area contributed by atoms with Gasteiger partial charge in [0.25, 0.3) is 11.6 Å². The number of hydrogen-bond donors (Lipinski definition) is 0. The second-order valence-corrected chi connectivity index (χ2v) is 12.7. The maximum atomic E-state index is 13.4. The number of anilines is 2. The average Bonchev–Trinajstić information content (AvgIpc) is 3.43. The van der Waals surface area contributed by atoms with Crippen molar-refractivity contribution in [2.75, 3.05) is 69.5 Å². The molecule has 0 bridgehead atoms. The highest BCUT2D eigenvalue weighted by molar-refractivity contribution is 7.89. The van der Waals surface area contributed by atoms with Gasteiger partial charge >= 0.3 is 0 Å². The number of hydrogen-bond acceptors (Lipinski definition) is 8. The number of nitro groups is 1. The number of fused-ring (bicyclic) bond motifs is 1. The minimum Gasteiger partial charge on any atom is -0.379 e. The maximum absolute atomic E-state index is 13.4. The number of morpholine rings is 2. The van der Waals surface area contributed by atoms with E-state index in [4.69, 9.17) is 9.47 Å². The van der Waals surface area contributed by atoms with Gasteiger partial charge < -0.3 is 23.8 Å². The fourth-order valence-corrected chi connectivity index (χ4v) is 7.45. The zero-order valence-corrected chi connectivity index (χ0v) is 25.1. The lowest BCUT2D eigenvalue weighted by Crippen LogP contribution is -2.40. The monoisotopic (exact) mass is 607 g/mol. The van der Waals surface area contributed by atoms with Crippen LogP contribution in [0.25, 0.3) is 17.3 Å². The molecule has 0 saturated carbocycles. The highest BCUT2D eigenvalue weighted by Gasteiger charge is 2.34. The van der Waals surface area contributed by atoms with Crippen LogP contribution < -0.4 is 9.80 Å². The molecule has 226 valence electrons. The Morgan fingerprint density at radius 2 is 1.56 bits per heavy atom. The Morgan fingerprint density at radius 3 is 2.23 bits per heavy atom. The van der Waals surface area contributed by atoms with Gasteiger partial charge in [0.2, 0.25) is 10.0 Å². The largest absolute Gasteiger partial charge is 0.379 e. The smallest absolute Gasteiger partial charge is 0.294 e. The van der Waals surface area contributed by atoms with Crippen molar-refractivity contribution in [2.24, 2.45) is 0 Å². The number of ether oxygens (including phenoxy) is 2. The quantitative estimate of drug-likeness (QED) is 0.237. The molecule has 3 aromatic rings. The molecule has 43 heavy (non-hydrogen) atoms. The standard InChI is InChI=1S/C30H33N5O7S/c1-20-16-22(21(2)34(20)23-4-6-28(29(18-23)35(37)38)32-8-12-41-13-9-32)17-26-25-19-24(5-7-27(25)31(3)30(26)36)43(39,40)33-10-14-42-15-11-33/h4-7,16-19H,8-15H2,1-3H3/b26-17+. The number of nitro benzene ring substituents is 1. The summed E-state index contributed by atoms with van der Waals surface area (Å²) in [6, 6.07) is 11.9. The molecule has 0 atom stereocenters. The number of carbonyl (C=O) groups is 1. The van der Waals surface area contributed by atoms with Crippen molar-refractivity contribution in [2.45, 2.75) is 18.7 Å². The SMILES string of the molecule is Cc1cc(/C=C2/C(=O)N(C)c3ccc(S(=O)(=O)N4CCOCC4)cc32)c(C)n1-c1ccc(N2CCOCC2)c([N+](=O)[O-])c1. The van der Waals surface area contributed by atoms with Crippen LogP contribution in [0.2, 0.25) is 0 Å². The van der Waals surface area contributed by atoms with Crippen molar-refractivity contribution in [3.63, 3.8) is 0 Å². The molecule has 0 radical (unpaired) electrons. The molecule has 2 saturated heterocycles. The fourth-order valence-electron chi connectivity index (χ4n) is 6.02. The Kier molecular flexibility index (Phi) is 7.59. The molecule has 0 unspecified atom stereocenters. The summed E-state index contributed by atoms with van der Waals surface area (Å²) in [5, 5.41) is 12.1. The van der Waals surface area contributed by atoms with Gasteiger partial charge in [-0.3, -0.25) is 14.9 Å². The second kappa shape index (κ2) is 11.2. The highest BCUT2D eigenvalue weighted by Crippen LogP contribution is 2.40. The summed E-state index contributed by atoms with van der Waals surface area (Å²) in [5.41, 5.74) is 5.13. The van der Waals surface area contributed by atoms with E-state index in [9.17, 15) is 23.3 Å². The van der Waals surface area contributed by atoms with Crippen molar-refractivity contribution < 1.29 is 27.6 Å². The van der Waals surface area contributed by atoms with Crippen LogP contribution in [0, 0.1) is 24.0 Å². The first-order valence-corrected chi connectivity index (χ1v) is 15.5. The number of amides is 1. The van der Waals surface area contributed by atoms with Gasteiger partial charge in [-0.2, -0.15) is 4.31 Å². The highest BCUT2D eigenvalue weighted by atomic mass is 32.2. The zero-order valence-electron chi connectivity index (χ0n) is 24.3. The molecule has 0 aliphatic carbocycles. The van der Waals surface area contributed by atoms with Crippen molar-refractivity contribution in [1.82, 2.24) is 8.87 Å². The lowest BCUT2D eigenvalue weighted by molar-refractivity contribution is -0.384. The number of carbonyl (C=O) groups excluding carboxylic acids is 1. The van der Waals surface area contributed by atoms with Crippen LogP contribution in [0.3, 0.4) is 0 Å². The molecule has 4 heterocycles. The average molecular weight is 608 g/mol. The van der Waals surface area contributed by atoms with Crippen LogP contribution >= 0.6 is 0 Å². The summed E-state index contributed by atoms with van der Waals surface area (Å²) >= 11 is 0. The van der Waals surface area contributed by atoms with Crippen LogP contribution in [0.4, 0.5) is 17.1 Å². The molecule has 0 N–H and O–H groups in total. The van der Waals surface area contributed by atoms with Crippen molar-refractivity contribution in [1.29, 1.82) is 0 Å². The number of nitrogens with zero attached hydrogens (tertiary/aromatic N) is 5. The van der Waals surface area contributed by atoms with E-state index in [1.165, 1.54) is 15.3 Å². The topological polar surface area (TPSA) is 127 Å². The van der Waals surface area contributed by atoms with Crippen LogP contribution in [0.15, 0.2) is 47.4 Å². The molecule has 1 aromatic heterocycles. The maximum Gasteiger partial charge on any atom is 0.294 e. The summed E-state index contributed by atoms with van der Waals surface area (Å²) in [6.45, 7) is 7.23. The predicted molar refractivity (Wildman–Crippen MR) is 162 cm³/mol. The number of aryl methyl sites for hydroxylation is 1. The van der Waals surface area contributed by atoms with Gasteiger partial charge in [-0.1, -0.05) is 0 Å². The van der Waals surface area contributed by atoms with Gasteiger partial charge in [0.1, 0.15) is 5.69 Å². The van der Waals surface area contributed by atoms with E-state index in [0.29, 0.717) is 67.7 Å². The molecule has 3 aliphatic heterocycles. The summed E-state index contributed by atoms with van der Waals surface area (Å²) in [7, 11) is -2.09. The molecule has 3 aliphatic rings. The third-order valence-corrected chi connectivity index (χ3v) is 10.2. The van der Waals surface area contributed by atoms with Crippen LogP contribution in [-0.4, -0.2) is 87.8 Å². The summed E-state index contributed by atoms with van der Waals surface area (Å²) < 4.78 is 40.8. The van der Waals surface area contributed by atoms with Gasteiger partial charge in [0.15, 0.2) is 0 Å². The summed E-state index contributed by atoms with van der Waals surface area (Å²) in [6.07, 6.45) is 1.77. The Hall–Kier alpha value is -4.04. The third kappa shape index (κ3) is 5.12. The Bertz CT molecular complexity index is 1750. The van der Waals surface area contributed by atoms with E-state index in [2.05, 4.69) is 0 Å². The number of likely N-dealkylation sites (N-methyl/N-ethyl adjacent to an activating group) is 1. The minimum absolute atomic E-state index is 0.0161. The Labute approximate surface area is 249 Å². The summed E-state index contributed by atoms with van der Waals surface area (Å²) in [5.74, 6) is -0.244. The first kappa shape index (κ1) is 29.1. The van der Waals surface area contributed by atoms with E-state index < -0.39 is 10.0 Å². The van der Waals surface area contributed by atoms with Gasteiger partial charge in [-0.05, 0) is 61.9 Å². The molecule has 2 fully saturated rings. The van der Waals surface area contributed by atoms with E-state index in [-0.39, 0.29) is 34.5 Å². The number of sulfonamides is 1. The first-order chi connectivity index (χ1) is 20.6. The molecule has 2 aromatic carbocycles. The molecule has 13 heteroatoms. The molecule has 12 nitrogen and oxygen atoms in total. The number of benzene rings is 2. The van der Waals surface area contributed by atoms with E-state index in [1.54, 1.807) is 37.4 Å². The lowest BCUT2D eigenvalue weighted by atomic mass is 10.0. The van der Waals surface area contributed by atoms with Crippen molar-refractivity contribution >= 4 is 44.6 Å².